The minimum Gasteiger partial charge on any atom is -0.497 e. The first-order valence-corrected chi connectivity index (χ1v) is 9.98. The average molecular weight is 347 g/mol. The lowest BCUT2D eigenvalue weighted by molar-refractivity contribution is -0.0559. The van der Waals surface area contributed by atoms with Crippen molar-refractivity contribution in [2.75, 3.05) is 33.4 Å². The third kappa shape index (κ3) is 6.19. The normalized spacial score (nSPS) is 20.5. The zero-order valence-electron chi connectivity index (χ0n) is 15.6. The minimum absolute atomic E-state index is 0.495. The van der Waals surface area contributed by atoms with Gasteiger partial charge in [-0.2, -0.15) is 0 Å². The molecule has 0 N–H and O–H groups in total. The molecule has 1 aliphatic heterocycles. The number of benzene rings is 1. The molecule has 0 atom stereocenters. The van der Waals surface area contributed by atoms with Crippen LogP contribution >= 0.6 is 0 Å². The fourth-order valence-corrected chi connectivity index (χ4v) is 3.89. The van der Waals surface area contributed by atoms with E-state index in [9.17, 15) is 0 Å². The Hall–Kier alpha value is -1.26. The number of ether oxygens (including phenoxy) is 3. The van der Waals surface area contributed by atoms with E-state index in [4.69, 9.17) is 14.2 Å². The topological polar surface area (TPSA) is 30.9 Å². The predicted octanol–water partition coefficient (Wildman–Crippen LogP) is 4.28. The van der Waals surface area contributed by atoms with Crippen molar-refractivity contribution in [3.63, 3.8) is 0 Å². The molecule has 140 valence electrons. The van der Waals surface area contributed by atoms with E-state index in [-0.39, 0.29) is 0 Å². The van der Waals surface area contributed by atoms with Crippen molar-refractivity contribution >= 4 is 0 Å². The van der Waals surface area contributed by atoms with Crippen molar-refractivity contribution in [3.8, 4) is 11.5 Å². The number of piperidine rings is 1. The maximum absolute atomic E-state index is 6.32. The first-order chi connectivity index (χ1) is 12.3. The highest BCUT2D eigenvalue weighted by Gasteiger charge is 2.23. The summed E-state index contributed by atoms with van der Waals surface area (Å²) in [5.74, 6) is 1.78. The lowest BCUT2D eigenvalue weighted by atomic mass is 9.97. The molecular weight excluding hydrogens is 314 g/mol. The standard InChI is InChI=1S/C21H33NO3/c1-23-18-8-10-19(11-9-18)24-17-5-14-22-15-12-21(13-16-22)25-20-6-3-2-4-7-20/h8-11,20-21H,2-7,12-17H2,1H3. The van der Waals surface area contributed by atoms with E-state index in [0.29, 0.717) is 12.2 Å². The highest BCUT2D eigenvalue weighted by atomic mass is 16.5. The monoisotopic (exact) mass is 347 g/mol. The zero-order valence-corrected chi connectivity index (χ0v) is 15.6. The molecule has 0 bridgehead atoms. The van der Waals surface area contributed by atoms with Gasteiger partial charge in [0.1, 0.15) is 11.5 Å². The molecule has 4 heteroatoms. The molecule has 1 aromatic carbocycles. The number of hydrogen-bond acceptors (Lipinski definition) is 4. The second-order valence-electron chi connectivity index (χ2n) is 7.31. The summed E-state index contributed by atoms with van der Waals surface area (Å²) in [5.41, 5.74) is 0. The van der Waals surface area contributed by atoms with Crippen molar-refractivity contribution in [1.29, 1.82) is 0 Å². The maximum Gasteiger partial charge on any atom is 0.119 e. The minimum atomic E-state index is 0.495. The van der Waals surface area contributed by atoms with E-state index < -0.39 is 0 Å². The van der Waals surface area contributed by atoms with E-state index in [0.717, 1.165) is 31.1 Å². The average Bonchev–Trinajstić information content (AvgIpc) is 2.68. The first kappa shape index (κ1) is 18.5. The Balaban J connectivity index is 1.26. The van der Waals surface area contributed by atoms with Crippen molar-refractivity contribution < 1.29 is 14.2 Å². The van der Waals surface area contributed by atoms with Crippen LogP contribution < -0.4 is 9.47 Å². The van der Waals surface area contributed by atoms with Gasteiger partial charge in [-0.1, -0.05) is 19.3 Å². The number of methoxy groups -OCH3 is 1. The lowest BCUT2D eigenvalue weighted by Crippen LogP contribution is -2.39. The van der Waals surface area contributed by atoms with Gasteiger partial charge in [-0.05, 0) is 56.4 Å². The van der Waals surface area contributed by atoms with Gasteiger partial charge >= 0.3 is 0 Å². The van der Waals surface area contributed by atoms with E-state index in [2.05, 4.69) is 4.90 Å². The Kier molecular flexibility index (Phi) is 7.43. The third-order valence-corrected chi connectivity index (χ3v) is 5.42. The molecule has 0 radical (unpaired) electrons. The van der Waals surface area contributed by atoms with Gasteiger partial charge in [0.25, 0.3) is 0 Å². The summed E-state index contributed by atoms with van der Waals surface area (Å²) in [5, 5.41) is 0. The van der Waals surface area contributed by atoms with Gasteiger partial charge < -0.3 is 19.1 Å². The molecule has 0 amide bonds. The fourth-order valence-electron chi connectivity index (χ4n) is 3.89. The van der Waals surface area contributed by atoms with Gasteiger partial charge in [-0.3, -0.25) is 0 Å². The van der Waals surface area contributed by atoms with Gasteiger partial charge in [-0.15, -0.1) is 0 Å². The molecule has 2 fully saturated rings. The second kappa shape index (κ2) is 10.0. The summed E-state index contributed by atoms with van der Waals surface area (Å²) in [6, 6.07) is 7.80. The first-order valence-electron chi connectivity index (χ1n) is 9.98. The van der Waals surface area contributed by atoms with Crippen molar-refractivity contribution in [1.82, 2.24) is 4.90 Å². The predicted molar refractivity (Wildman–Crippen MR) is 101 cm³/mol. The Labute approximate surface area is 152 Å². The molecule has 1 saturated heterocycles. The Morgan fingerprint density at radius 1 is 0.880 bits per heavy atom. The van der Waals surface area contributed by atoms with Gasteiger partial charge in [0.2, 0.25) is 0 Å². The summed E-state index contributed by atoms with van der Waals surface area (Å²) in [7, 11) is 1.68. The Morgan fingerprint density at radius 2 is 1.52 bits per heavy atom. The lowest BCUT2D eigenvalue weighted by Gasteiger charge is -2.34. The van der Waals surface area contributed by atoms with Crippen LogP contribution in [0.4, 0.5) is 0 Å². The van der Waals surface area contributed by atoms with Crippen molar-refractivity contribution in [2.45, 2.75) is 63.6 Å². The molecule has 1 aliphatic carbocycles. The van der Waals surface area contributed by atoms with Gasteiger partial charge in [-0.25, -0.2) is 0 Å². The van der Waals surface area contributed by atoms with Crippen LogP contribution in [0.1, 0.15) is 51.4 Å². The molecule has 3 rings (SSSR count). The number of rotatable bonds is 8. The Bertz CT molecular complexity index is 476. The summed E-state index contributed by atoms with van der Waals surface area (Å²) in [6.45, 7) is 4.22. The summed E-state index contributed by atoms with van der Waals surface area (Å²) < 4.78 is 17.3. The summed E-state index contributed by atoms with van der Waals surface area (Å²) in [6.07, 6.45) is 11.2. The fraction of sp³-hybridized carbons (Fsp3) is 0.714. The molecule has 1 heterocycles. The Morgan fingerprint density at radius 3 is 2.20 bits per heavy atom. The molecule has 2 aliphatic rings. The van der Waals surface area contributed by atoms with Crippen LogP contribution in [0.5, 0.6) is 11.5 Å². The zero-order chi connectivity index (χ0) is 17.3. The number of likely N-dealkylation sites (tertiary alicyclic amines) is 1. The number of nitrogens with zero attached hydrogens (tertiary/aromatic N) is 1. The van der Waals surface area contributed by atoms with Crippen LogP contribution in [-0.2, 0) is 4.74 Å². The van der Waals surface area contributed by atoms with E-state index >= 15 is 0 Å². The third-order valence-electron chi connectivity index (χ3n) is 5.42. The highest BCUT2D eigenvalue weighted by Crippen LogP contribution is 2.24. The van der Waals surface area contributed by atoms with Crippen molar-refractivity contribution in [2.24, 2.45) is 0 Å². The molecule has 0 unspecified atom stereocenters. The van der Waals surface area contributed by atoms with Gasteiger partial charge in [0.15, 0.2) is 0 Å². The van der Waals surface area contributed by atoms with Crippen LogP contribution in [0.2, 0.25) is 0 Å². The summed E-state index contributed by atoms with van der Waals surface area (Å²) in [4.78, 5) is 2.55. The highest BCUT2D eigenvalue weighted by molar-refractivity contribution is 5.31. The quantitative estimate of drug-likeness (QED) is 0.657. The molecular formula is C21H33NO3. The van der Waals surface area contributed by atoms with Crippen LogP contribution in [0.3, 0.4) is 0 Å². The largest absolute Gasteiger partial charge is 0.497 e. The van der Waals surface area contributed by atoms with Crippen molar-refractivity contribution in [3.05, 3.63) is 24.3 Å². The molecule has 0 spiro atoms. The molecule has 1 saturated carbocycles. The van der Waals surface area contributed by atoms with Crippen LogP contribution in [0.15, 0.2) is 24.3 Å². The van der Waals surface area contributed by atoms with Crippen LogP contribution in [0, 0.1) is 0 Å². The number of hydrogen-bond donors (Lipinski definition) is 0. The van der Waals surface area contributed by atoms with E-state index in [1.165, 1.54) is 58.0 Å². The van der Waals surface area contributed by atoms with Gasteiger partial charge in [0.05, 0.1) is 25.9 Å². The van der Waals surface area contributed by atoms with Crippen LogP contribution in [0.25, 0.3) is 0 Å². The van der Waals surface area contributed by atoms with E-state index in [1.807, 2.05) is 24.3 Å². The van der Waals surface area contributed by atoms with Gasteiger partial charge in [0, 0.05) is 19.6 Å². The SMILES string of the molecule is COc1ccc(OCCCN2CCC(OC3CCCCC3)CC2)cc1. The molecule has 1 aromatic rings. The smallest absolute Gasteiger partial charge is 0.119 e. The second-order valence-corrected chi connectivity index (χ2v) is 7.31. The molecule has 4 nitrogen and oxygen atoms in total. The van der Waals surface area contributed by atoms with Crippen LogP contribution in [-0.4, -0.2) is 50.5 Å². The maximum atomic E-state index is 6.32. The molecule has 0 aromatic heterocycles. The van der Waals surface area contributed by atoms with E-state index in [1.54, 1.807) is 7.11 Å². The molecule has 25 heavy (non-hydrogen) atoms. The summed E-state index contributed by atoms with van der Waals surface area (Å²) >= 11 is 0.